The number of carbonyl (C=O) groups is 2. The molecule has 73 heavy (non-hydrogen) atoms. The van der Waals surface area contributed by atoms with Gasteiger partial charge < -0.3 is 99.2 Å². The fourth-order valence-corrected chi connectivity index (χ4v) is 14.0. The maximum Gasteiger partial charge on any atom is 0.187 e. The Bertz CT molecular complexity index is 1930. The van der Waals surface area contributed by atoms with Crippen molar-refractivity contribution in [3.63, 3.8) is 0 Å². The third-order valence-corrected chi connectivity index (χ3v) is 18.6. The van der Waals surface area contributed by atoms with Crippen molar-refractivity contribution < 1.29 is 109 Å². The van der Waals surface area contributed by atoms with Crippen LogP contribution in [0.3, 0.4) is 0 Å². The highest BCUT2D eigenvalue weighted by Gasteiger charge is 2.63. The Hall–Kier alpha value is -1.72. The Balaban J connectivity index is 0.916. The van der Waals surface area contributed by atoms with Crippen LogP contribution in [0.1, 0.15) is 99.3 Å². The second-order valence-electron chi connectivity index (χ2n) is 23.2. The van der Waals surface area contributed by atoms with E-state index >= 15 is 0 Å². The summed E-state index contributed by atoms with van der Waals surface area (Å²) < 4.78 is 47.6. The van der Waals surface area contributed by atoms with Crippen LogP contribution in [0.2, 0.25) is 0 Å². The normalized spacial score (nSPS) is 51.1. The fourth-order valence-electron chi connectivity index (χ4n) is 14.0. The Morgan fingerprint density at radius 1 is 0.658 bits per heavy atom. The number of Topliss-reactive ketones (excluding diaryl/α,β-unsaturated/α-hetero) is 2. The van der Waals surface area contributed by atoms with Gasteiger partial charge >= 0.3 is 0 Å². The van der Waals surface area contributed by atoms with Crippen molar-refractivity contribution in [3.8, 4) is 0 Å². The summed E-state index contributed by atoms with van der Waals surface area (Å²) in [4.78, 5) is 28.0. The highest BCUT2D eigenvalue weighted by atomic mass is 16.8. The lowest BCUT2D eigenvalue weighted by atomic mass is 9.47. The van der Waals surface area contributed by atoms with Gasteiger partial charge in [0.05, 0.1) is 38.1 Å². The fraction of sp³-hybridized carbons (Fsp3) is 0.922. The lowest BCUT2D eigenvalue weighted by Crippen LogP contribution is -2.66. The van der Waals surface area contributed by atoms with Crippen LogP contribution in [0.4, 0.5) is 0 Å². The molecule has 8 aliphatic rings. The van der Waals surface area contributed by atoms with Crippen LogP contribution >= 0.6 is 0 Å². The quantitative estimate of drug-likeness (QED) is 0.0749. The first kappa shape index (κ1) is 57.5. The number of fused-ring (bicyclic) bond motifs is 5. The molecule has 4 aliphatic heterocycles. The molecule has 4 saturated heterocycles. The van der Waals surface area contributed by atoms with Crippen molar-refractivity contribution in [1.82, 2.24) is 0 Å². The molecule has 0 spiro atoms. The number of ether oxygens (including phenoxy) is 8. The molecule has 8 rings (SSSR count). The SMILES string of the molecule is C[C@H](CCC(=O)[C@@H](C)[C@H]1C(=O)C[C@H]2[C@@H]3CC=C4C[C@@H](O[C@@H]5O[C@H](CO)[C@@H](O[C@@H]6O[C@@H](C)[C@H](O)[C@@H](O)[C@H]6O)[C@H](O)[C@H]5O[C@@H]5O[C@@H](C)[C@H](O)[C@@H](O)[C@H]5O)CC[C@]4(C)[C@H]3CC[C@]12C)CO[C@@H]1O[C@H](CO)[C@@H](O)[C@H](O)[C@H]1O. The summed E-state index contributed by atoms with van der Waals surface area (Å²) in [5.74, 6) is -0.436. The summed E-state index contributed by atoms with van der Waals surface area (Å²) in [6, 6.07) is 0. The maximum atomic E-state index is 14.1. The van der Waals surface area contributed by atoms with Crippen LogP contribution in [-0.4, -0.2) is 222 Å². The van der Waals surface area contributed by atoms with E-state index in [0.717, 1.165) is 19.3 Å². The lowest BCUT2D eigenvalue weighted by molar-refractivity contribution is -0.388. The number of allylic oxidation sites excluding steroid dienone is 1. The average molecular weight is 1050 g/mol. The van der Waals surface area contributed by atoms with Crippen LogP contribution in [0.15, 0.2) is 11.6 Å². The van der Waals surface area contributed by atoms with Crippen LogP contribution in [-0.2, 0) is 47.5 Å². The van der Waals surface area contributed by atoms with E-state index in [2.05, 4.69) is 19.9 Å². The molecule has 0 aromatic heterocycles. The molecule has 0 radical (unpaired) electrons. The highest BCUT2D eigenvalue weighted by molar-refractivity contribution is 5.92. The van der Waals surface area contributed by atoms with Gasteiger partial charge in [0, 0.05) is 24.7 Å². The lowest BCUT2D eigenvalue weighted by Gasteiger charge is -2.58. The molecule has 3 saturated carbocycles. The molecule has 22 heteroatoms. The second-order valence-corrected chi connectivity index (χ2v) is 23.2. The molecule has 7 fully saturated rings. The van der Waals surface area contributed by atoms with E-state index in [9.17, 15) is 70.9 Å². The van der Waals surface area contributed by atoms with E-state index in [1.54, 1.807) is 0 Å². The summed E-state index contributed by atoms with van der Waals surface area (Å²) >= 11 is 0. The zero-order valence-corrected chi connectivity index (χ0v) is 42.6. The summed E-state index contributed by atoms with van der Waals surface area (Å²) in [7, 11) is 0. The molecule has 0 amide bonds. The van der Waals surface area contributed by atoms with E-state index < -0.39 is 154 Å². The van der Waals surface area contributed by atoms with Crippen molar-refractivity contribution >= 4 is 11.6 Å². The molecule has 0 unspecified atom stereocenters. The number of ketones is 2. The van der Waals surface area contributed by atoms with Gasteiger partial charge in [-0.1, -0.05) is 39.3 Å². The topological polar surface area (TPSA) is 351 Å². The zero-order valence-electron chi connectivity index (χ0n) is 42.6. The van der Waals surface area contributed by atoms with Crippen molar-refractivity contribution in [2.24, 2.45) is 46.3 Å². The molecule has 29 atom stereocenters. The molecule has 0 aromatic rings. The maximum absolute atomic E-state index is 14.1. The van der Waals surface area contributed by atoms with Gasteiger partial charge in [-0.05, 0) is 93.3 Å². The molecule has 4 aliphatic carbocycles. The Labute approximate surface area is 425 Å². The van der Waals surface area contributed by atoms with E-state index in [-0.39, 0.29) is 59.1 Å². The van der Waals surface area contributed by atoms with E-state index in [1.807, 2.05) is 13.8 Å². The molecular formula is C51H82O22. The van der Waals surface area contributed by atoms with Crippen LogP contribution in [0.5, 0.6) is 0 Å². The van der Waals surface area contributed by atoms with Crippen LogP contribution < -0.4 is 0 Å². The number of aliphatic hydroxyl groups excluding tert-OH is 12. The summed E-state index contributed by atoms with van der Waals surface area (Å²) in [6.07, 6.45) is -22.4. The number of aliphatic hydroxyl groups is 12. The largest absolute Gasteiger partial charge is 0.394 e. The summed E-state index contributed by atoms with van der Waals surface area (Å²) in [5.41, 5.74) is 0.569. The summed E-state index contributed by atoms with van der Waals surface area (Å²) in [6.45, 7) is 9.94. The van der Waals surface area contributed by atoms with Gasteiger partial charge in [-0.3, -0.25) is 9.59 Å². The molecule has 4 heterocycles. The Kier molecular flexibility index (Phi) is 18.0. The van der Waals surface area contributed by atoms with Gasteiger partial charge in [0.25, 0.3) is 0 Å². The van der Waals surface area contributed by atoms with Gasteiger partial charge in [0.1, 0.15) is 97.0 Å². The minimum Gasteiger partial charge on any atom is -0.394 e. The molecule has 22 nitrogen and oxygen atoms in total. The van der Waals surface area contributed by atoms with Gasteiger partial charge in [0.15, 0.2) is 25.2 Å². The van der Waals surface area contributed by atoms with Crippen molar-refractivity contribution in [2.45, 2.75) is 228 Å². The highest BCUT2D eigenvalue weighted by Crippen LogP contribution is 2.66. The van der Waals surface area contributed by atoms with E-state index in [1.165, 1.54) is 19.4 Å². The monoisotopic (exact) mass is 1050 g/mol. The zero-order chi connectivity index (χ0) is 53.2. The number of hydrogen-bond acceptors (Lipinski definition) is 22. The van der Waals surface area contributed by atoms with Gasteiger partial charge in [0.2, 0.25) is 0 Å². The third kappa shape index (κ3) is 10.9. The average Bonchev–Trinajstić information content (AvgIpc) is 3.64. The smallest absolute Gasteiger partial charge is 0.187 e. The Morgan fingerprint density at radius 3 is 1.85 bits per heavy atom. The minimum absolute atomic E-state index is 0.00532. The third-order valence-electron chi connectivity index (χ3n) is 18.6. The number of hydrogen-bond donors (Lipinski definition) is 12. The molecule has 418 valence electrons. The van der Waals surface area contributed by atoms with E-state index in [4.69, 9.17) is 37.9 Å². The predicted octanol–water partition coefficient (Wildman–Crippen LogP) is -1.93. The first-order valence-corrected chi connectivity index (χ1v) is 26.4. The van der Waals surface area contributed by atoms with Crippen molar-refractivity contribution in [3.05, 3.63) is 11.6 Å². The van der Waals surface area contributed by atoms with Gasteiger partial charge in [-0.25, -0.2) is 0 Å². The standard InChI is InChI=1S/C51H82O22/c1-20(19-66-46-40(62)39(61)36(58)31(17-52)70-46)7-10-29(54)21(2)33-30(55)16-28-26-9-8-24-15-25(11-13-50(24,5)27(26)12-14-51(28,33)6)69-49-45(73-48-42(64)38(60)35(57)23(4)68-48)43(65)44(32(18-53)71-49)72-47-41(63)37(59)34(56)22(3)67-47/h8,20-23,25-28,31-49,52-53,56-65H,7,9-19H2,1-6H3/t20-,21-,22+,23+,25+,26-,27+,28+,31-,32-,33+,34+,35+,36-,37-,38-,39+,40-,41-,42-,43+,44-,45-,46-,47+,48+,49-,50+,51+/m1/s1. The van der Waals surface area contributed by atoms with Crippen molar-refractivity contribution in [1.29, 1.82) is 0 Å². The molecule has 0 bridgehead atoms. The number of carbonyl (C=O) groups excluding carboxylic acids is 2. The second kappa shape index (κ2) is 22.9. The van der Waals surface area contributed by atoms with Crippen LogP contribution in [0.25, 0.3) is 0 Å². The van der Waals surface area contributed by atoms with Gasteiger partial charge in [-0.15, -0.1) is 0 Å². The van der Waals surface area contributed by atoms with Crippen LogP contribution in [0, 0.1) is 46.3 Å². The van der Waals surface area contributed by atoms with Gasteiger partial charge in [-0.2, -0.15) is 0 Å². The van der Waals surface area contributed by atoms with Crippen molar-refractivity contribution in [2.75, 3.05) is 19.8 Å². The Morgan fingerprint density at radius 2 is 1.23 bits per heavy atom. The molecular weight excluding hydrogens is 965 g/mol. The number of rotatable bonds is 16. The molecule has 0 aromatic carbocycles. The molecule has 12 N–H and O–H groups in total. The first-order valence-electron chi connectivity index (χ1n) is 26.4. The summed E-state index contributed by atoms with van der Waals surface area (Å²) in [5, 5.41) is 126. The minimum atomic E-state index is -1.77. The van der Waals surface area contributed by atoms with E-state index in [0.29, 0.717) is 32.1 Å². The first-order chi connectivity index (χ1) is 34.4. The predicted molar refractivity (Wildman–Crippen MR) is 249 cm³/mol.